The second kappa shape index (κ2) is 7.03. The van der Waals surface area contributed by atoms with E-state index in [0.29, 0.717) is 5.82 Å². The summed E-state index contributed by atoms with van der Waals surface area (Å²) in [7, 11) is 0. The van der Waals surface area contributed by atoms with E-state index in [2.05, 4.69) is 35.1 Å². The number of rotatable bonds is 4. The number of aliphatic hydroxyl groups is 1. The summed E-state index contributed by atoms with van der Waals surface area (Å²) in [6.07, 6.45) is 2.95. The van der Waals surface area contributed by atoms with Crippen molar-refractivity contribution in [3.8, 4) is 0 Å². The van der Waals surface area contributed by atoms with Gasteiger partial charge >= 0.3 is 0 Å². The van der Waals surface area contributed by atoms with E-state index >= 15 is 0 Å². The summed E-state index contributed by atoms with van der Waals surface area (Å²) in [5.74, 6) is 1.35. The van der Waals surface area contributed by atoms with Gasteiger partial charge in [0, 0.05) is 25.7 Å². The highest BCUT2D eigenvalue weighted by Gasteiger charge is 2.24. The number of morpholine rings is 1. The van der Waals surface area contributed by atoms with Gasteiger partial charge in [-0.3, -0.25) is 4.90 Å². The van der Waals surface area contributed by atoms with Crippen LogP contribution in [0.3, 0.4) is 0 Å². The van der Waals surface area contributed by atoms with Crippen molar-refractivity contribution >= 4 is 11.6 Å². The molecule has 0 radical (unpaired) electrons. The van der Waals surface area contributed by atoms with Gasteiger partial charge in [-0.2, -0.15) is 0 Å². The third kappa shape index (κ3) is 4.56. The fourth-order valence-corrected chi connectivity index (χ4v) is 3.75. The Morgan fingerprint density at radius 3 is 2.70 bits per heavy atom. The fraction of sp³-hybridized carbons (Fsp3) is 0.706. The molecule has 0 spiro atoms. The molecular weight excluding hydrogens is 292 g/mol. The van der Waals surface area contributed by atoms with E-state index in [4.69, 9.17) is 10.5 Å². The molecule has 3 rings (SSSR count). The summed E-state index contributed by atoms with van der Waals surface area (Å²) in [6, 6.07) is 4.31. The molecule has 1 saturated heterocycles. The van der Waals surface area contributed by atoms with Crippen LogP contribution in [0.2, 0.25) is 0 Å². The molecule has 0 amide bonds. The Bertz CT molecular complexity index is 529. The zero-order valence-corrected chi connectivity index (χ0v) is 14.0. The smallest absolute Gasteiger partial charge is 0.128 e. The van der Waals surface area contributed by atoms with Crippen molar-refractivity contribution in [2.75, 3.05) is 24.1 Å². The van der Waals surface area contributed by atoms with E-state index in [-0.39, 0.29) is 24.4 Å². The molecule has 0 aromatic carbocycles. The lowest BCUT2D eigenvalue weighted by Gasteiger charge is -2.35. The van der Waals surface area contributed by atoms with Crippen LogP contribution in [-0.4, -0.2) is 52.4 Å². The van der Waals surface area contributed by atoms with Crippen LogP contribution in [0.1, 0.15) is 38.7 Å². The fourth-order valence-electron chi connectivity index (χ4n) is 3.75. The van der Waals surface area contributed by atoms with E-state index in [1.807, 2.05) is 6.07 Å². The molecule has 4 N–H and O–H groups in total. The van der Waals surface area contributed by atoms with Gasteiger partial charge in [0.1, 0.15) is 11.6 Å². The van der Waals surface area contributed by atoms with E-state index in [0.717, 1.165) is 44.7 Å². The van der Waals surface area contributed by atoms with Crippen LogP contribution in [-0.2, 0) is 11.3 Å². The van der Waals surface area contributed by atoms with Crippen LogP contribution in [0.25, 0.3) is 0 Å². The Labute approximate surface area is 138 Å². The summed E-state index contributed by atoms with van der Waals surface area (Å²) in [6.45, 7) is 6.95. The predicted octanol–water partition coefficient (Wildman–Crippen LogP) is 1.60. The lowest BCUT2D eigenvalue weighted by Crippen LogP contribution is -2.44. The summed E-state index contributed by atoms with van der Waals surface area (Å²) in [5.41, 5.74) is 7.14. The number of hydrogen-bond acceptors (Lipinski definition) is 6. The second-order valence-corrected chi connectivity index (χ2v) is 7.05. The molecule has 1 aromatic heterocycles. The number of anilines is 2. The summed E-state index contributed by atoms with van der Waals surface area (Å²) in [5, 5.41) is 13.1. The molecule has 1 aliphatic carbocycles. The van der Waals surface area contributed by atoms with Crippen LogP contribution < -0.4 is 11.1 Å². The topological polar surface area (TPSA) is 83.6 Å². The van der Waals surface area contributed by atoms with Crippen molar-refractivity contribution in [3.63, 3.8) is 0 Å². The van der Waals surface area contributed by atoms with Gasteiger partial charge in [-0.05, 0) is 50.8 Å². The minimum atomic E-state index is -0.190. The van der Waals surface area contributed by atoms with Crippen LogP contribution >= 0.6 is 0 Å². The highest BCUT2D eigenvalue weighted by atomic mass is 16.5. The summed E-state index contributed by atoms with van der Waals surface area (Å²) in [4.78, 5) is 6.79. The first-order valence-electron chi connectivity index (χ1n) is 8.57. The lowest BCUT2D eigenvalue weighted by atomic mass is 10.1. The van der Waals surface area contributed by atoms with Crippen molar-refractivity contribution < 1.29 is 9.84 Å². The van der Waals surface area contributed by atoms with E-state index in [1.165, 1.54) is 5.56 Å². The van der Waals surface area contributed by atoms with Crippen LogP contribution in [0.4, 0.5) is 11.6 Å². The molecule has 0 bridgehead atoms. The van der Waals surface area contributed by atoms with Gasteiger partial charge in [-0.15, -0.1) is 0 Å². The maximum atomic E-state index is 9.65. The van der Waals surface area contributed by atoms with Gasteiger partial charge in [0.2, 0.25) is 0 Å². The number of aromatic nitrogens is 1. The van der Waals surface area contributed by atoms with Gasteiger partial charge in [-0.25, -0.2) is 4.98 Å². The molecule has 2 aliphatic rings. The van der Waals surface area contributed by atoms with Gasteiger partial charge < -0.3 is 20.9 Å². The third-order valence-corrected chi connectivity index (χ3v) is 4.56. The number of nitrogens with two attached hydrogens (primary N) is 1. The number of pyridine rings is 1. The van der Waals surface area contributed by atoms with Crippen LogP contribution in [0.15, 0.2) is 12.1 Å². The van der Waals surface area contributed by atoms with Gasteiger partial charge in [-0.1, -0.05) is 0 Å². The molecule has 2 heterocycles. The van der Waals surface area contributed by atoms with Crippen molar-refractivity contribution in [2.24, 2.45) is 0 Å². The predicted molar refractivity (Wildman–Crippen MR) is 91.2 cm³/mol. The van der Waals surface area contributed by atoms with E-state index < -0.39 is 0 Å². The molecular formula is C17H28N4O2. The number of hydrogen-bond donors (Lipinski definition) is 3. The van der Waals surface area contributed by atoms with Gasteiger partial charge in [0.25, 0.3) is 0 Å². The number of nitrogens with one attached hydrogen (secondary N) is 1. The monoisotopic (exact) mass is 320 g/mol. The maximum Gasteiger partial charge on any atom is 0.128 e. The summed E-state index contributed by atoms with van der Waals surface area (Å²) < 4.78 is 5.79. The molecule has 6 nitrogen and oxygen atoms in total. The van der Waals surface area contributed by atoms with Gasteiger partial charge in [0.05, 0.1) is 18.3 Å². The SMILES string of the molecule is C[C@@H]1CN(Cc2cc(N)nc(N[C@@H]3CC[C@@H](O)C3)c2)C[C@H](C)O1. The highest BCUT2D eigenvalue weighted by Crippen LogP contribution is 2.24. The van der Waals surface area contributed by atoms with Crippen molar-refractivity contribution in [3.05, 3.63) is 17.7 Å². The minimum absolute atomic E-state index is 0.190. The zero-order valence-electron chi connectivity index (χ0n) is 14.0. The molecule has 4 atom stereocenters. The quantitative estimate of drug-likeness (QED) is 0.781. The second-order valence-electron chi connectivity index (χ2n) is 7.05. The lowest BCUT2D eigenvalue weighted by molar-refractivity contribution is -0.0704. The first kappa shape index (κ1) is 16.5. The van der Waals surface area contributed by atoms with Crippen molar-refractivity contribution in [1.82, 2.24) is 9.88 Å². The van der Waals surface area contributed by atoms with Crippen LogP contribution in [0, 0.1) is 0 Å². The average molecular weight is 320 g/mol. The Kier molecular flexibility index (Phi) is 5.04. The molecule has 1 aliphatic heterocycles. The number of aliphatic hydroxyl groups excluding tert-OH is 1. The van der Waals surface area contributed by atoms with Crippen molar-refractivity contribution in [2.45, 2.75) is 64.0 Å². The normalized spacial score (nSPS) is 32.1. The van der Waals surface area contributed by atoms with Gasteiger partial charge in [0.15, 0.2) is 0 Å². The molecule has 128 valence electrons. The van der Waals surface area contributed by atoms with Crippen LogP contribution in [0.5, 0.6) is 0 Å². The Morgan fingerprint density at radius 2 is 2.04 bits per heavy atom. The molecule has 6 heteroatoms. The van der Waals surface area contributed by atoms with Crippen molar-refractivity contribution in [1.29, 1.82) is 0 Å². The largest absolute Gasteiger partial charge is 0.393 e. The minimum Gasteiger partial charge on any atom is -0.393 e. The molecule has 1 aromatic rings. The average Bonchev–Trinajstić information content (AvgIpc) is 2.82. The Hall–Kier alpha value is -1.37. The molecule has 1 saturated carbocycles. The maximum absolute atomic E-state index is 9.65. The van der Waals surface area contributed by atoms with E-state index in [9.17, 15) is 5.11 Å². The highest BCUT2D eigenvalue weighted by molar-refractivity contribution is 5.47. The number of ether oxygens (including phenoxy) is 1. The molecule has 2 fully saturated rings. The Morgan fingerprint density at radius 1 is 1.30 bits per heavy atom. The zero-order chi connectivity index (χ0) is 16.4. The molecule has 23 heavy (non-hydrogen) atoms. The van der Waals surface area contributed by atoms with E-state index in [1.54, 1.807) is 0 Å². The summed E-state index contributed by atoms with van der Waals surface area (Å²) >= 11 is 0. The Balaban J connectivity index is 1.65. The third-order valence-electron chi connectivity index (χ3n) is 4.56. The molecule has 0 unspecified atom stereocenters. The number of nitrogens with zero attached hydrogens (tertiary/aromatic N) is 2. The first-order valence-corrected chi connectivity index (χ1v) is 8.57. The first-order chi connectivity index (χ1) is 11.0. The number of nitrogen functional groups attached to an aromatic ring is 1. The standard InChI is InChI=1S/C17H28N4O2/c1-11-8-21(9-12(2)23-11)10-13-5-16(18)20-17(6-13)19-14-3-4-15(22)7-14/h5-6,11-12,14-15,22H,3-4,7-10H2,1-2H3,(H3,18,19,20)/t11-,12+,14-,15-/m1/s1.